The van der Waals surface area contributed by atoms with E-state index in [0.29, 0.717) is 11.4 Å². The Balaban J connectivity index is 2.32. The summed E-state index contributed by atoms with van der Waals surface area (Å²) in [5.41, 5.74) is 1.92. The second-order valence-electron chi connectivity index (χ2n) is 4.67. The molecule has 0 saturated carbocycles. The third-order valence-corrected chi connectivity index (χ3v) is 4.20. The first kappa shape index (κ1) is 16.3. The van der Waals surface area contributed by atoms with Gasteiger partial charge in [-0.25, -0.2) is 4.39 Å². The molecular formula is C16H16BrClFNO. The van der Waals surface area contributed by atoms with E-state index in [-0.39, 0.29) is 11.9 Å². The Morgan fingerprint density at radius 3 is 2.67 bits per heavy atom. The van der Waals surface area contributed by atoms with Gasteiger partial charge in [0, 0.05) is 21.1 Å². The molecule has 1 atom stereocenters. The van der Waals surface area contributed by atoms with Crippen LogP contribution in [-0.4, -0.2) is 14.2 Å². The number of likely N-dealkylation sites (N-methyl/N-ethyl adjacent to an activating group) is 1. The summed E-state index contributed by atoms with van der Waals surface area (Å²) < 4.78 is 19.5. The Morgan fingerprint density at radius 1 is 1.29 bits per heavy atom. The number of nitrogens with one attached hydrogen (secondary N) is 1. The molecule has 0 saturated heterocycles. The summed E-state index contributed by atoms with van der Waals surface area (Å²) in [7, 11) is 3.52. The quantitative estimate of drug-likeness (QED) is 0.817. The van der Waals surface area contributed by atoms with Gasteiger partial charge in [0.2, 0.25) is 0 Å². The molecule has 112 valence electrons. The maximum absolute atomic E-state index is 13.1. The summed E-state index contributed by atoms with van der Waals surface area (Å²) in [5, 5.41) is 3.69. The molecule has 2 nitrogen and oxygen atoms in total. The van der Waals surface area contributed by atoms with Crippen LogP contribution >= 0.6 is 27.5 Å². The zero-order chi connectivity index (χ0) is 15.4. The van der Waals surface area contributed by atoms with E-state index in [1.54, 1.807) is 13.2 Å². The minimum absolute atomic E-state index is 0.0241. The highest BCUT2D eigenvalue weighted by molar-refractivity contribution is 9.10. The van der Waals surface area contributed by atoms with E-state index in [9.17, 15) is 4.39 Å². The van der Waals surface area contributed by atoms with Crippen LogP contribution in [0.2, 0.25) is 5.02 Å². The molecule has 2 aromatic carbocycles. The summed E-state index contributed by atoms with van der Waals surface area (Å²) in [6, 6.07) is 10.4. The van der Waals surface area contributed by atoms with Crippen molar-refractivity contribution in [2.45, 2.75) is 12.5 Å². The summed E-state index contributed by atoms with van der Waals surface area (Å²) in [4.78, 5) is 0. The van der Waals surface area contributed by atoms with Gasteiger partial charge in [-0.15, -0.1) is 0 Å². The fraction of sp³-hybridized carbons (Fsp3) is 0.250. The average molecular weight is 373 g/mol. The fourth-order valence-corrected chi connectivity index (χ4v) is 2.83. The maximum atomic E-state index is 13.1. The molecule has 0 radical (unpaired) electrons. The molecule has 0 aliphatic rings. The van der Waals surface area contributed by atoms with Crippen LogP contribution in [-0.2, 0) is 6.42 Å². The third-order valence-electron chi connectivity index (χ3n) is 3.36. The molecule has 0 aliphatic heterocycles. The van der Waals surface area contributed by atoms with Gasteiger partial charge in [-0.05, 0) is 43.3 Å². The molecular weight excluding hydrogens is 357 g/mol. The predicted octanol–water partition coefficient (Wildman–Crippen LogP) is 4.75. The van der Waals surface area contributed by atoms with E-state index in [1.807, 2.05) is 25.2 Å². The van der Waals surface area contributed by atoms with Crippen molar-refractivity contribution >= 4 is 27.5 Å². The Labute approximate surface area is 137 Å². The molecule has 0 spiro atoms. The smallest absolute Gasteiger partial charge is 0.124 e. The lowest BCUT2D eigenvalue weighted by Gasteiger charge is -2.20. The van der Waals surface area contributed by atoms with Crippen molar-refractivity contribution in [1.82, 2.24) is 5.32 Å². The van der Waals surface area contributed by atoms with Crippen LogP contribution in [0.15, 0.2) is 40.9 Å². The Morgan fingerprint density at radius 2 is 2.05 bits per heavy atom. The molecule has 0 aromatic heterocycles. The average Bonchev–Trinajstić information content (AvgIpc) is 2.47. The van der Waals surface area contributed by atoms with Crippen molar-refractivity contribution in [3.8, 4) is 5.75 Å². The lowest BCUT2D eigenvalue weighted by molar-refractivity contribution is 0.401. The highest BCUT2D eigenvalue weighted by atomic mass is 79.9. The third kappa shape index (κ3) is 3.96. The van der Waals surface area contributed by atoms with Crippen LogP contribution < -0.4 is 10.1 Å². The first-order valence-electron chi connectivity index (χ1n) is 6.49. The van der Waals surface area contributed by atoms with Gasteiger partial charge in [-0.2, -0.15) is 0 Å². The lowest BCUT2D eigenvalue weighted by Crippen LogP contribution is -2.19. The van der Waals surface area contributed by atoms with Gasteiger partial charge in [0.05, 0.1) is 7.11 Å². The van der Waals surface area contributed by atoms with Gasteiger partial charge in [-0.3, -0.25) is 0 Å². The Hall–Kier alpha value is -1.10. The topological polar surface area (TPSA) is 21.3 Å². The number of methoxy groups -OCH3 is 1. The minimum atomic E-state index is -0.328. The van der Waals surface area contributed by atoms with E-state index >= 15 is 0 Å². The van der Waals surface area contributed by atoms with Crippen LogP contribution in [0.1, 0.15) is 17.2 Å². The van der Waals surface area contributed by atoms with E-state index in [1.165, 1.54) is 12.1 Å². The Kier molecular flexibility index (Phi) is 5.62. The summed E-state index contributed by atoms with van der Waals surface area (Å²) in [6.07, 6.45) is 0.646. The van der Waals surface area contributed by atoms with E-state index in [2.05, 4.69) is 21.2 Å². The van der Waals surface area contributed by atoms with Crippen molar-refractivity contribution in [1.29, 1.82) is 0 Å². The van der Waals surface area contributed by atoms with Gasteiger partial charge >= 0.3 is 0 Å². The zero-order valence-electron chi connectivity index (χ0n) is 11.8. The van der Waals surface area contributed by atoms with Crippen molar-refractivity contribution < 1.29 is 9.13 Å². The molecule has 21 heavy (non-hydrogen) atoms. The first-order valence-corrected chi connectivity index (χ1v) is 7.67. The standard InChI is InChI=1S/C16H16BrClFNO/c1-20-15(7-10-3-5-12(19)9-14(10)18)13-6-4-11(17)8-16(13)21-2/h3-6,8-9,15,20H,7H2,1-2H3. The van der Waals surface area contributed by atoms with Gasteiger partial charge < -0.3 is 10.1 Å². The number of benzene rings is 2. The molecule has 0 fully saturated rings. The van der Waals surface area contributed by atoms with Crippen molar-refractivity contribution in [3.05, 3.63) is 62.8 Å². The summed E-state index contributed by atoms with van der Waals surface area (Å²) >= 11 is 9.54. The summed E-state index contributed by atoms with van der Waals surface area (Å²) in [6.45, 7) is 0. The van der Waals surface area contributed by atoms with Gasteiger partial charge in [-0.1, -0.05) is 39.7 Å². The number of halogens is 3. The highest BCUT2D eigenvalue weighted by Gasteiger charge is 2.17. The van der Waals surface area contributed by atoms with Crippen molar-refractivity contribution in [3.63, 3.8) is 0 Å². The SMILES string of the molecule is CNC(Cc1ccc(F)cc1Cl)c1ccc(Br)cc1OC. The van der Waals surface area contributed by atoms with Crippen LogP contribution in [0.5, 0.6) is 5.75 Å². The number of hydrogen-bond donors (Lipinski definition) is 1. The molecule has 1 unspecified atom stereocenters. The monoisotopic (exact) mass is 371 g/mol. The lowest BCUT2D eigenvalue weighted by atomic mass is 9.98. The molecule has 0 bridgehead atoms. The molecule has 0 heterocycles. The van der Waals surface area contributed by atoms with Crippen molar-refractivity contribution in [2.24, 2.45) is 0 Å². The highest BCUT2D eigenvalue weighted by Crippen LogP contribution is 2.31. The normalized spacial score (nSPS) is 12.2. The molecule has 1 N–H and O–H groups in total. The van der Waals surface area contributed by atoms with E-state index in [4.69, 9.17) is 16.3 Å². The Bertz CT molecular complexity index is 636. The largest absolute Gasteiger partial charge is 0.496 e. The van der Waals surface area contributed by atoms with Crippen LogP contribution in [0, 0.1) is 5.82 Å². The van der Waals surface area contributed by atoms with Crippen LogP contribution in [0.25, 0.3) is 0 Å². The number of hydrogen-bond acceptors (Lipinski definition) is 2. The number of rotatable bonds is 5. The van der Waals surface area contributed by atoms with Crippen LogP contribution in [0.3, 0.4) is 0 Å². The minimum Gasteiger partial charge on any atom is -0.496 e. The molecule has 0 aliphatic carbocycles. The fourth-order valence-electron chi connectivity index (χ4n) is 2.25. The van der Waals surface area contributed by atoms with Crippen molar-refractivity contribution in [2.75, 3.05) is 14.2 Å². The molecule has 5 heteroatoms. The van der Waals surface area contributed by atoms with E-state index < -0.39 is 0 Å². The first-order chi connectivity index (χ1) is 10.0. The molecule has 2 rings (SSSR count). The second-order valence-corrected chi connectivity index (χ2v) is 5.99. The van der Waals surface area contributed by atoms with Gasteiger partial charge in [0.25, 0.3) is 0 Å². The van der Waals surface area contributed by atoms with E-state index in [0.717, 1.165) is 21.3 Å². The van der Waals surface area contributed by atoms with Crippen LogP contribution in [0.4, 0.5) is 4.39 Å². The summed E-state index contributed by atoms with van der Waals surface area (Å²) in [5.74, 6) is 0.466. The predicted molar refractivity (Wildman–Crippen MR) is 87.6 cm³/mol. The van der Waals surface area contributed by atoms with Gasteiger partial charge in [0.1, 0.15) is 11.6 Å². The molecule has 2 aromatic rings. The number of ether oxygens (including phenoxy) is 1. The molecule has 0 amide bonds. The second kappa shape index (κ2) is 7.25. The zero-order valence-corrected chi connectivity index (χ0v) is 14.1. The maximum Gasteiger partial charge on any atom is 0.124 e. The van der Waals surface area contributed by atoms with Gasteiger partial charge in [0.15, 0.2) is 0 Å².